The lowest BCUT2D eigenvalue weighted by Gasteiger charge is -2.32. The lowest BCUT2D eigenvalue weighted by Crippen LogP contribution is -2.34. The summed E-state index contributed by atoms with van der Waals surface area (Å²) in [5, 5.41) is 2.89. The van der Waals surface area contributed by atoms with E-state index in [0.29, 0.717) is 5.92 Å². The van der Waals surface area contributed by atoms with Crippen LogP contribution in [0.1, 0.15) is 37.7 Å². The lowest BCUT2D eigenvalue weighted by molar-refractivity contribution is -0.114. The molecular weight excluding hydrogens is 439 g/mol. The number of fused-ring (bicyclic) bond motifs is 1. The summed E-state index contributed by atoms with van der Waals surface area (Å²) in [6.07, 6.45) is 3.27. The van der Waals surface area contributed by atoms with Gasteiger partial charge in [0.15, 0.2) is 0 Å². The molecule has 35 heavy (non-hydrogen) atoms. The highest BCUT2D eigenvalue weighted by atomic mass is 19.1. The van der Waals surface area contributed by atoms with E-state index in [0.717, 1.165) is 73.6 Å². The number of nitrogens with one attached hydrogen (secondary N) is 1. The number of hydrogen-bond acceptors (Lipinski definition) is 3. The predicted octanol–water partition coefficient (Wildman–Crippen LogP) is 6.07. The number of benzene rings is 3. The van der Waals surface area contributed by atoms with Crippen LogP contribution in [0.2, 0.25) is 0 Å². The van der Waals surface area contributed by atoms with Crippen molar-refractivity contribution < 1.29 is 9.18 Å². The van der Waals surface area contributed by atoms with E-state index in [2.05, 4.69) is 33.0 Å². The number of hydrogen-bond donors (Lipinski definition) is 1. The van der Waals surface area contributed by atoms with Gasteiger partial charge in [0.2, 0.25) is 5.91 Å². The van der Waals surface area contributed by atoms with Crippen molar-refractivity contribution in [3.8, 4) is 11.4 Å². The van der Waals surface area contributed by atoms with Gasteiger partial charge in [0, 0.05) is 24.7 Å². The van der Waals surface area contributed by atoms with E-state index >= 15 is 0 Å². The molecule has 2 heterocycles. The quantitative estimate of drug-likeness (QED) is 0.357. The van der Waals surface area contributed by atoms with Gasteiger partial charge in [-0.15, -0.1) is 0 Å². The molecule has 4 aromatic rings. The molecule has 1 aromatic heterocycles. The maximum atomic E-state index is 13.5. The minimum Gasteiger partial charge on any atom is -0.326 e. The minimum absolute atomic E-state index is 0.0368. The zero-order valence-corrected chi connectivity index (χ0v) is 20.1. The Kier molecular flexibility index (Phi) is 6.91. The number of amides is 1. The molecule has 1 fully saturated rings. The Bertz CT molecular complexity index is 1310. The average Bonchev–Trinajstić information content (AvgIpc) is 3.23. The van der Waals surface area contributed by atoms with Gasteiger partial charge in [-0.1, -0.05) is 24.3 Å². The number of rotatable bonds is 7. The molecule has 0 bridgehead atoms. The number of aromatic nitrogens is 2. The molecule has 3 aromatic carbocycles. The van der Waals surface area contributed by atoms with Crippen LogP contribution in [-0.4, -0.2) is 40.0 Å². The van der Waals surface area contributed by atoms with Crippen LogP contribution in [-0.2, 0) is 11.3 Å². The fraction of sp³-hybridized carbons (Fsp3) is 0.310. The first-order valence-electron chi connectivity index (χ1n) is 12.4. The van der Waals surface area contributed by atoms with Crippen LogP contribution < -0.4 is 5.32 Å². The molecule has 5 rings (SSSR count). The van der Waals surface area contributed by atoms with Crippen LogP contribution in [0.15, 0.2) is 72.8 Å². The smallest absolute Gasteiger partial charge is 0.221 e. The SMILES string of the molecule is CC(=O)Nc1cccc(C2CCN(CCCn3c(-c4ccc(F)cc4)nc4ccccc43)CC2)c1. The van der Waals surface area contributed by atoms with Crippen molar-refractivity contribution in [3.63, 3.8) is 0 Å². The third kappa shape index (κ3) is 5.43. The van der Waals surface area contributed by atoms with Crippen molar-refractivity contribution in [3.05, 3.63) is 84.2 Å². The van der Waals surface area contributed by atoms with Gasteiger partial charge in [-0.25, -0.2) is 9.37 Å². The fourth-order valence-electron chi connectivity index (χ4n) is 5.14. The van der Waals surface area contributed by atoms with Gasteiger partial charge in [-0.2, -0.15) is 0 Å². The van der Waals surface area contributed by atoms with E-state index in [1.165, 1.54) is 17.7 Å². The predicted molar refractivity (Wildman–Crippen MR) is 139 cm³/mol. The van der Waals surface area contributed by atoms with Gasteiger partial charge in [-0.3, -0.25) is 4.79 Å². The number of nitrogens with zero attached hydrogens (tertiary/aromatic N) is 3. The Morgan fingerprint density at radius 2 is 1.77 bits per heavy atom. The number of imidazole rings is 1. The van der Waals surface area contributed by atoms with E-state index in [1.807, 2.05) is 30.3 Å². The van der Waals surface area contributed by atoms with Crippen LogP contribution in [0.5, 0.6) is 0 Å². The summed E-state index contributed by atoms with van der Waals surface area (Å²) in [6, 6.07) is 23.0. The molecule has 1 amide bonds. The second-order valence-corrected chi connectivity index (χ2v) is 9.36. The summed E-state index contributed by atoms with van der Waals surface area (Å²) in [5.41, 5.74) is 5.20. The number of anilines is 1. The number of aryl methyl sites for hydroxylation is 1. The van der Waals surface area contributed by atoms with E-state index in [9.17, 15) is 9.18 Å². The molecule has 5 nitrogen and oxygen atoms in total. The molecule has 1 aliphatic rings. The van der Waals surface area contributed by atoms with E-state index < -0.39 is 0 Å². The summed E-state index contributed by atoms with van der Waals surface area (Å²) in [6.45, 7) is 5.59. The largest absolute Gasteiger partial charge is 0.326 e. The standard InChI is InChI=1S/C29H31FN4O/c1-21(35)31-26-7-4-6-24(20-26)22-14-18-33(19-15-22)16-5-17-34-28-9-3-2-8-27(28)32-29(34)23-10-12-25(30)13-11-23/h2-4,6-13,20,22H,5,14-19H2,1H3,(H,31,35). The van der Waals surface area contributed by atoms with Crippen molar-refractivity contribution >= 4 is 22.6 Å². The molecule has 1 aliphatic heterocycles. The lowest BCUT2D eigenvalue weighted by atomic mass is 9.89. The number of piperidine rings is 1. The summed E-state index contributed by atoms with van der Waals surface area (Å²) in [5.74, 6) is 1.15. The first-order chi connectivity index (χ1) is 17.1. The highest BCUT2D eigenvalue weighted by molar-refractivity contribution is 5.88. The first kappa shape index (κ1) is 23.2. The van der Waals surface area contributed by atoms with Gasteiger partial charge in [0.05, 0.1) is 11.0 Å². The molecule has 180 valence electrons. The van der Waals surface area contributed by atoms with Crippen molar-refractivity contribution in [2.75, 3.05) is 25.0 Å². The maximum absolute atomic E-state index is 13.5. The van der Waals surface area contributed by atoms with Crippen LogP contribution in [0.25, 0.3) is 22.4 Å². The summed E-state index contributed by atoms with van der Waals surface area (Å²) in [7, 11) is 0. The van der Waals surface area contributed by atoms with Gasteiger partial charge < -0.3 is 14.8 Å². The van der Waals surface area contributed by atoms with E-state index in [4.69, 9.17) is 4.98 Å². The molecule has 0 radical (unpaired) electrons. The Balaban J connectivity index is 1.21. The second kappa shape index (κ2) is 10.4. The molecule has 1 saturated heterocycles. The zero-order chi connectivity index (χ0) is 24.2. The molecular formula is C29H31FN4O. The Morgan fingerprint density at radius 1 is 1.00 bits per heavy atom. The van der Waals surface area contributed by atoms with Crippen LogP contribution in [0, 0.1) is 5.82 Å². The van der Waals surface area contributed by atoms with Crippen molar-refractivity contribution in [1.82, 2.24) is 14.5 Å². The number of carbonyl (C=O) groups is 1. The second-order valence-electron chi connectivity index (χ2n) is 9.36. The minimum atomic E-state index is -0.235. The molecule has 0 saturated carbocycles. The molecule has 0 aliphatic carbocycles. The number of halogens is 1. The van der Waals surface area contributed by atoms with Crippen molar-refractivity contribution in [1.29, 1.82) is 0 Å². The van der Waals surface area contributed by atoms with Gasteiger partial charge in [0.25, 0.3) is 0 Å². The zero-order valence-electron chi connectivity index (χ0n) is 20.1. The monoisotopic (exact) mass is 470 g/mol. The Labute approximate surface area is 205 Å². The average molecular weight is 471 g/mol. The van der Waals surface area contributed by atoms with E-state index in [1.54, 1.807) is 19.1 Å². The van der Waals surface area contributed by atoms with E-state index in [-0.39, 0.29) is 11.7 Å². The van der Waals surface area contributed by atoms with Crippen molar-refractivity contribution in [2.24, 2.45) is 0 Å². The summed E-state index contributed by atoms with van der Waals surface area (Å²) < 4.78 is 15.7. The number of likely N-dealkylation sites (tertiary alicyclic amines) is 1. The molecule has 1 N–H and O–H groups in total. The van der Waals surface area contributed by atoms with Crippen LogP contribution in [0.3, 0.4) is 0 Å². The molecule has 0 spiro atoms. The fourth-order valence-corrected chi connectivity index (χ4v) is 5.14. The highest BCUT2D eigenvalue weighted by Crippen LogP contribution is 2.30. The third-order valence-corrected chi connectivity index (χ3v) is 6.88. The van der Waals surface area contributed by atoms with Gasteiger partial charge in [-0.05, 0) is 98.9 Å². The third-order valence-electron chi connectivity index (χ3n) is 6.88. The van der Waals surface area contributed by atoms with Crippen molar-refractivity contribution in [2.45, 2.75) is 38.6 Å². The Morgan fingerprint density at radius 3 is 2.54 bits per heavy atom. The molecule has 6 heteroatoms. The molecule has 0 atom stereocenters. The topological polar surface area (TPSA) is 50.2 Å². The van der Waals surface area contributed by atoms with Gasteiger partial charge in [0.1, 0.15) is 11.6 Å². The maximum Gasteiger partial charge on any atom is 0.221 e. The first-order valence-corrected chi connectivity index (χ1v) is 12.4. The number of para-hydroxylation sites is 2. The highest BCUT2D eigenvalue weighted by Gasteiger charge is 2.21. The molecule has 0 unspecified atom stereocenters. The normalized spacial score (nSPS) is 14.9. The summed E-state index contributed by atoms with van der Waals surface area (Å²) >= 11 is 0. The van der Waals surface area contributed by atoms with Crippen LogP contribution >= 0.6 is 0 Å². The Hall–Kier alpha value is -3.51. The van der Waals surface area contributed by atoms with Gasteiger partial charge >= 0.3 is 0 Å². The summed E-state index contributed by atoms with van der Waals surface area (Å²) in [4.78, 5) is 18.8. The number of carbonyl (C=O) groups excluding carboxylic acids is 1. The van der Waals surface area contributed by atoms with Crippen LogP contribution in [0.4, 0.5) is 10.1 Å².